The Balaban J connectivity index is 1.48. The minimum Gasteiger partial charge on any atom is -0.0622 e. The van der Waals surface area contributed by atoms with Crippen molar-refractivity contribution in [3.63, 3.8) is 0 Å². The molecule has 0 saturated heterocycles. The zero-order valence-electron chi connectivity index (χ0n) is 47.1. The summed E-state index contributed by atoms with van der Waals surface area (Å²) in [6, 6.07) is -18.4. The maximum Gasteiger partial charge on any atom is 0.0636 e. The molecule has 0 aliphatic heterocycles. The first-order valence-electron chi connectivity index (χ1n) is 25.4. The predicted molar refractivity (Wildman–Crippen MR) is 184 cm³/mol. The smallest absolute Gasteiger partial charge is 0.0622 e. The SMILES string of the molecule is [2H]c1c([2H])c([2H])c(C(c2c([2H])c([2H])c([2H])c([2H])c2[2H])c2c([2H])c([2H])c3c([2H])c4c(c([2H])c3c2[2H])-c2c-4c([2H])c3c([2H])c(-c4c([2H])c([2H])c(C(C)(C)C)c([2H])c4[2H])c([2H])c([2H])c3c2[2H])c([2H])c1[2H]. The Bertz CT molecular complexity index is 3340. The average molecular weight is 575 g/mol. The summed E-state index contributed by atoms with van der Waals surface area (Å²) in [7, 11) is 0. The second-order valence-electron chi connectivity index (χ2n) is 11.0. The molecule has 0 amide bonds. The van der Waals surface area contributed by atoms with E-state index in [0.717, 1.165) is 0 Å². The Kier molecular flexibility index (Phi) is 2.50. The Morgan fingerprint density at radius 3 is 1.42 bits per heavy atom. The second-order valence-corrected chi connectivity index (χ2v) is 11.0. The largest absolute Gasteiger partial charge is 0.0636 e. The first-order valence-corrected chi connectivity index (χ1v) is 13.4. The van der Waals surface area contributed by atoms with E-state index < -0.39 is 206 Å². The predicted octanol–water partition coefficient (Wildman–Crippen LogP) is 11.8. The third-order valence-corrected chi connectivity index (χ3v) is 7.17. The molecule has 8 rings (SSSR count). The third-order valence-electron chi connectivity index (χ3n) is 7.17. The third kappa shape index (κ3) is 4.46. The Morgan fingerprint density at radius 1 is 0.419 bits per heavy atom. The zero-order valence-corrected chi connectivity index (χ0v) is 23.1. The molecule has 0 heteroatoms. The molecule has 0 fully saturated rings. The lowest BCUT2D eigenvalue weighted by Crippen LogP contribution is -2.10. The van der Waals surface area contributed by atoms with Crippen LogP contribution in [0.15, 0.2) is 145 Å². The molecular weight excluding hydrogens is 516 g/mol. The van der Waals surface area contributed by atoms with Gasteiger partial charge < -0.3 is 0 Å². The van der Waals surface area contributed by atoms with Crippen LogP contribution in [0, 0.1) is 0 Å². The molecule has 43 heavy (non-hydrogen) atoms. The van der Waals surface area contributed by atoms with E-state index in [4.69, 9.17) is 21.9 Å². The molecule has 0 saturated carbocycles. The van der Waals surface area contributed by atoms with Crippen molar-refractivity contribution in [3.8, 4) is 33.4 Å². The van der Waals surface area contributed by atoms with Gasteiger partial charge in [-0.1, -0.05) is 136 Å². The number of hydrogen-bond donors (Lipinski definition) is 0. The van der Waals surface area contributed by atoms with Crippen molar-refractivity contribution in [1.82, 2.24) is 0 Å². The maximum atomic E-state index is 9.60. The fourth-order valence-corrected chi connectivity index (χ4v) is 4.96. The Morgan fingerprint density at radius 2 is 0.884 bits per heavy atom. The zero-order chi connectivity index (χ0) is 50.0. The standard InChI is InChI=1S/C43H34/c1-43(2,3)37-20-18-28(19-21-37)31-14-15-32-24-38-40(26-35(32)22-31)39-25-33-16-17-34(23-36(33)27-41(38)39)42(29-10-6-4-7-11-29)30-12-8-5-9-13-30/h4-27,42H,1-3H3/i4D,5D,6D,7D,8D,9D,10D,11D,12D,13D,14D,15D,16D,17D,18D,19D,20D,21D,22D,23D,24D,25D,26D,27D. The van der Waals surface area contributed by atoms with Gasteiger partial charge in [0, 0.05) is 5.92 Å². The Labute approximate surface area is 288 Å². The minimum atomic E-state index is -2.11. The van der Waals surface area contributed by atoms with Gasteiger partial charge >= 0.3 is 0 Å². The van der Waals surface area contributed by atoms with E-state index in [2.05, 4.69) is 0 Å². The van der Waals surface area contributed by atoms with Crippen LogP contribution in [0.1, 0.15) is 81.8 Å². The highest BCUT2D eigenvalue weighted by Crippen LogP contribution is 2.51. The monoisotopic (exact) mass is 574 g/mol. The van der Waals surface area contributed by atoms with Crippen molar-refractivity contribution in [2.24, 2.45) is 0 Å². The fraction of sp³-hybridized carbons (Fsp3) is 0.116. The molecular formula is C43H34. The van der Waals surface area contributed by atoms with E-state index in [1.807, 2.05) is 0 Å². The van der Waals surface area contributed by atoms with Gasteiger partial charge in [-0.05, 0) is 113 Å². The van der Waals surface area contributed by atoms with Crippen LogP contribution in [0.4, 0.5) is 0 Å². The van der Waals surface area contributed by atoms with E-state index >= 15 is 0 Å². The highest BCUT2D eigenvalue weighted by molar-refractivity contribution is 6.12. The fourth-order valence-electron chi connectivity index (χ4n) is 4.96. The van der Waals surface area contributed by atoms with E-state index in [1.54, 1.807) is 20.8 Å². The van der Waals surface area contributed by atoms with Gasteiger partial charge in [0.1, 0.15) is 0 Å². The summed E-state index contributed by atoms with van der Waals surface area (Å²) in [4.78, 5) is 0. The summed E-state index contributed by atoms with van der Waals surface area (Å²) >= 11 is 0. The molecule has 0 spiro atoms. The summed E-state index contributed by atoms with van der Waals surface area (Å²) in [5.74, 6) is -2.11. The summed E-state index contributed by atoms with van der Waals surface area (Å²) < 4.78 is 214. The van der Waals surface area contributed by atoms with Crippen molar-refractivity contribution in [3.05, 3.63) is 167 Å². The highest BCUT2D eigenvalue weighted by atomic mass is 14.3. The van der Waals surface area contributed by atoms with Crippen LogP contribution < -0.4 is 0 Å². The van der Waals surface area contributed by atoms with Crippen LogP contribution in [0.5, 0.6) is 0 Å². The molecule has 0 radical (unpaired) electrons. The van der Waals surface area contributed by atoms with Gasteiger partial charge in [-0.25, -0.2) is 0 Å². The summed E-state index contributed by atoms with van der Waals surface area (Å²) in [6.45, 7) is 5.07. The van der Waals surface area contributed by atoms with Crippen molar-refractivity contribution in [2.75, 3.05) is 0 Å². The summed E-state index contributed by atoms with van der Waals surface area (Å²) in [5, 5.41) is -1.92. The summed E-state index contributed by atoms with van der Waals surface area (Å²) in [6.07, 6.45) is 0. The number of fused-ring (bicyclic) bond motifs is 6. The molecule has 0 atom stereocenters. The van der Waals surface area contributed by atoms with Gasteiger partial charge in [0.2, 0.25) is 0 Å². The molecule has 0 bridgehead atoms. The van der Waals surface area contributed by atoms with Crippen LogP contribution >= 0.6 is 0 Å². The molecule has 0 N–H and O–H groups in total. The van der Waals surface area contributed by atoms with Crippen LogP contribution in [0.2, 0.25) is 0 Å². The van der Waals surface area contributed by atoms with Crippen LogP contribution in [0.25, 0.3) is 54.9 Å². The molecule has 0 aromatic heterocycles. The van der Waals surface area contributed by atoms with Gasteiger partial charge in [0.25, 0.3) is 0 Å². The second kappa shape index (κ2) is 9.82. The quantitative estimate of drug-likeness (QED) is 0.183. The lowest BCUT2D eigenvalue weighted by atomic mass is 9.77. The van der Waals surface area contributed by atoms with Crippen molar-refractivity contribution in [1.29, 1.82) is 0 Å². The van der Waals surface area contributed by atoms with Crippen LogP contribution in [-0.4, -0.2) is 0 Å². The molecule has 0 nitrogen and oxygen atoms in total. The van der Waals surface area contributed by atoms with Gasteiger partial charge in [-0.3, -0.25) is 0 Å². The minimum absolute atomic E-state index is 0.0661. The molecule has 7 aromatic carbocycles. The van der Waals surface area contributed by atoms with E-state index in [1.165, 1.54) is 0 Å². The topological polar surface area (TPSA) is 0 Å². The van der Waals surface area contributed by atoms with Gasteiger partial charge in [-0.15, -0.1) is 0 Å². The van der Waals surface area contributed by atoms with Crippen molar-refractivity contribution < 1.29 is 32.9 Å². The highest BCUT2D eigenvalue weighted by Gasteiger charge is 2.25. The lowest BCUT2D eigenvalue weighted by molar-refractivity contribution is 0.590. The van der Waals surface area contributed by atoms with Crippen molar-refractivity contribution >= 4 is 21.5 Å². The van der Waals surface area contributed by atoms with E-state index in [0.29, 0.717) is 0 Å². The van der Waals surface area contributed by atoms with Crippen LogP contribution in [-0.2, 0) is 5.41 Å². The molecule has 0 heterocycles. The molecule has 206 valence electrons. The Hall–Kier alpha value is -4.94. The van der Waals surface area contributed by atoms with Crippen LogP contribution in [0.3, 0.4) is 0 Å². The number of hydrogen-bond acceptors (Lipinski definition) is 0. The van der Waals surface area contributed by atoms with E-state index in [-0.39, 0.29) is 27.8 Å². The average Bonchev–Trinajstić information content (AvgIpc) is 3.24. The number of benzene rings is 7. The van der Waals surface area contributed by atoms with Crippen molar-refractivity contribution in [2.45, 2.75) is 32.1 Å². The molecule has 1 aliphatic rings. The molecule has 0 unspecified atom stereocenters. The van der Waals surface area contributed by atoms with E-state index in [9.17, 15) is 11.0 Å². The molecule has 1 aliphatic carbocycles. The summed E-state index contributed by atoms with van der Waals surface area (Å²) in [5.41, 5.74) is -4.81. The van der Waals surface area contributed by atoms with Gasteiger partial charge in [0.05, 0.1) is 32.9 Å². The van der Waals surface area contributed by atoms with Gasteiger partial charge in [0.15, 0.2) is 0 Å². The molecule has 7 aromatic rings. The van der Waals surface area contributed by atoms with Gasteiger partial charge in [-0.2, -0.15) is 0 Å². The normalized spacial score (nSPS) is 20.1. The maximum absolute atomic E-state index is 9.60. The first kappa shape index (κ1) is 11.0. The first-order chi connectivity index (χ1) is 31.0. The lowest BCUT2D eigenvalue weighted by Gasteiger charge is -2.26. The number of rotatable bonds is 4.